The molecule has 2 amide bonds. The summed E-state index contributed by atoms with van der Waals surface area (Å²) in [6.07, 6.45) is 0. The van der Waals surface area contributed by atoms with Crippen LogP contribution in [0.1, 0.15) is 5.56 Å². The molecule has 7 nitrogen and oxygen atoms in total. The van der Waals surface area contributed by atoms with Gasteiger partial charge in [0, 0.05) is 13.6 Å². The van der Waals surface area contributed by atoms with Gasteiger partial charge in [-0.1, -0.05) is 24.3 Å². The smallest absolute Gasteiger partial charge is 0.258 e. The molecule has 0 saturated carbocycles. The number of ether oxygens (including phenoxy) is 3. The molecule has 1 aliphatic rings. The second kappa shape index (κ2) is 8.24. The van der Waals surface area contributed by atoms with Gasteiger partial charge >= 0.3 is 0 Å². The van der Waals surface area contributed by atoms with E-state index in [1.807, 2.05) is 36.4 Å². The molecule has 0 aliphatic carbocycles. The molecule has 0 fully saturated rings. The van der Waals surface area contributed by atoms with E-state index in [0.29, 0.717) is 23.8 Å². The lowest BCUT2D eigenvalue weighted by Gasteiger charge is -2.18. The Kier molecular flexibility index (Phi) is 5.58. The predicted molar refractivity (Wildman–Crippen MR) is 94.0 cm³/mol. The lowest BCUT2D eigenvalue weighted by atomic mass is 10.2. The maximum absolute atomic E-state index is 12.2. The number of amides is 2. The van der Waals surface area contributed by atoms with Crippen molar-refractivity contribution < 1.29 is 23.8 Å². The second-order valence-corrected chi connectivity index (χ2v) is 5.82. The van der Waals surface area contributed by atoms with Crippen LogP contribution in [0.25, 0.3) is 0 Å². The minimum atomic E-state index is -0.348. The van der Waals surface area contributed by atoms with Crippen LogP contribution < -0.4 is 19.5 Å². The van der Waals surface area contributed by atoms with Gasteiger partial charge in [0.15, 0.2) is 18.1 Å². The van der Waals surface area contributed by atoms with Gasteiger partial charge in [0.2, 0.25) is 12.7 Å². The molecule has 1 N–H and O–H groups in total. The Labute approximate surface area is 151 Å². The summed E-state index contributed by atoms with van der Waals surface area (Å²) in [6.45, 7) is 0.400. The zero-order valence-electron chi connectivity index (χ0n) is 14.4. The third-order valence-corrected chi connectivity index (χ3v) is 3.83. The Morgan fingerprint density at radius 1 is 1.12 bits per heavy atom. The van der Waals surface area contributed by atoms with Crippen molar-refractivity contribution in [1.29, 1.82) is 0 Å². The van der Waals surface area contributed by atoms with Crippen molar-refractivity contribution in [2.75, 3.05) is 27.0 Å². The molecule has 7 heteroatoms. The highest BCUT2D eigenvalue weighted by Crippen LogP contribution is 2.32. The van der Waals surface area contributed by atoms with Crippen LogP contribution in [-0.4, -0.2) is 43.7 Å². The molecular formula is C19H20N2O5. The van der Waals surface area contributed by atoms with E-state index in [0.717, 1.165) is 5.56 Å². The number of hydrogen-bond donors (Lipinski definition) is 1. The number of benzene rings is 2. The fourth-order valence-electron chi connectivity index (χ4n) is 2.43. The van der Waals surface area contributed by atoms with E-state index < -0.39 is 0 Å². The van der Waals surface area contributed by atoms with E-state index in [1.54, 1.807) is 19.2 Å². The van der Waals surface area contributed by atoms with Gasteiger partial charge in [0.1, 0.15) is 5.75 Å². The molecule has 0 atom stereocenters. The highest BCUT2D eigenvalue weighted by Gasteiger charge is 2.16. The quantitative estimate of drug-likeness (QED) is 0.815. The van der Waals surface area contributed by atoms with Crippen molar-refractivity contribution in [3.63, 3.8) is 0 Å². The molecule has 0 bridgehead atoms. The van der Waals surface area contributed by atoms with E-state index in [1.165, 1.54) is 4.90 Å². The first-order chi connectivity index (χ1) is 12.6. The number of nitrogens with one attached hydrogen (secondary N) is 1. The second-order valence-electron chi connectivity index (χ2n) is 5.82. The normalized spacial score (nSPS) is 11.7. The van der Waals surface area contributed by atoms with E-state index in [4.69, 9.17) is 14.2 Å². The Morgan fingerprint density at radius 2 is 1.88 bits per heavy atom. The van der Waals surface area contributed by atoms with Crippen LogP contribution in [0, 0.1) is 0 Å². The first kappa shape index (κ1) is 17.6. The molecule has 26 heavy (non-hydrogen) atoms. The van der Waals surface area contributed by atoms with Gasteiger partial charge in [-0.3, -0.25) is 9.59 Å². The maximum Gasteiger partial charge on any atom is 0.258 e. The number of likely N-dealkylation sites (N-methyl/N-ethyl adjacent to an activating group) is 1. The lowest BCUT2D eigenvalue weighted by molar-refractivity contribution is -0.132. The van der Waals surface area contributed by atoms with Crippen molar-refractivity contribution in [2.45, 2.75) is 6.54 Å². The Hall–Kier alpha value is -3.22. The lowest BCUT2D eigenvalue weighted by Crippen LogP contribution is -2.39. The Morgan fingerprint density at radius 3 is 2.69 bits per heavy atom. The number of nitrogens with zero attached hydrogens (tertiary/aromatic N) is 1. The van der Waals surface area contributed by atoms with E-state index in [9.17, 15) is 9.59 Å². The van der Waals surface area contributed by atoms with E-state index in [-0.39, 0.29) is 31.8 Å². The molecule has 2 aromatic rings. The summed E-state index contributed by atoms with van der Waals surface area (Å²) < 4.78 is 15.9. The molecule has 3 rings (SSSR count). The molecule has 0 aromatic heterocycles. The first-order valence-corrected chi connectivity index (χ1v) is 8.19. The molecule has 0 radical (unpaired) electrons. The van der Waals surface area contributed by atoms with Gasteiger partial charge in [-0.15, -0.1) is 0 Å². The first-order valence-electron chi connectivity index (χ1n) is 8.19. The molecule has 0 spiro atoms. The standard InChI is InChI=1S/C19H20N2O5/c1-21(11-14-7-8-16-17(9-14)26-13-25-16)19(23)10-20-18(22)12-24-15-5-3-2-4-6-15/h2-9H,10-13H2,1H3,(H,20,22). The van der Waals surface area contributed by atoms with Crippen LogP contribution in [-0.2, 0) is 16.1 Å². The van der Waals surface area contributed by atoms with Gasteiger partial charge < -0.3 is 24.4 Å². The topological polar surface area (TPSA) is 77.1 Å². The van der Waals surface area contributed by atoms with Gasteiger partial charge in [-0.05, 0) is 29.8 Å². The van der Waals surface area contributed by atoms with Crippen LogP contribution in [0.2, 0.25) is 0 Å². The van der Waals surface area contributed by atoms with Gasteiger partial charge in [-0.2, -0.15) is 0 Å². The molecule has 2 aromatic carbocycles. The summed E-state index contributed by atoms with van der Waals surface area (Å²) in [6, 6.07) is 14.6. The fourth-order valence-corrected chi connectivity index (χ4v) is 2.43. The van der Waals surface area contributed by atoms with Crippen molar-refractivity contribution in [2.24, 2.45) is 0 Å². The highest BCUT2D eigenvalue weighted by molar-refractivity contribution is 5.85. The highest BCUT2D eigenvalue weighted by atomic mass is 16.7. The molecule has 1 heterocycles. The molecule has 0 saturated heterocycles. The summed E-state index contributed by atoms with van der Waals surface area (Å²) in [7, 11) is 1.68. The summed E-state index contributed by atoms with van der Waals surface area (Å²) in [5.74, 6) is 1.44. The van der Waals surface area contributed by atoms with Gasteiger partial charge in [0.25, 0.3) is 5.91 Å². The maximum atomic E-state index is 12.2. The van der Waals surface area contributed by atoms with Crippen LogP contribution >= 0.6 is 0 Å². The zero-order chi connectivity index (χ0) is 18.4. The fraction of sp³-hybridized carbons (Fsp3) is 0.263. The number of rotatable bonds is 7. The largest absolute Gasteiger partial charge is 0.484 e. The zero-order valence-corrected chi connectivity index (χ0v) is 14.4. The minimum Gasteiger partial charge on any atom is -0.484 e. The van der Waals surface area contributed by atoms with Gasteiger partial charge in [0.05, 0.1) is 6.54 Å². The predicted octanol–water partition coefficient (Wildman–Crippen LogP) is 1.57. The van der Waals surface area contributed by atoms with Crippen LogP contribution in [0.5, 0.6) is 17.2 Å². The van der Waals surface area contributed by atoms with E-state index >= 15 is 0 Å². The third kappa shape index (κ3) is 4.66. The average molecular weight is 356 g/mol. The van der Waals surface area contributed by atoms with E-state index in [2.05, 4.69) is 5.32 Å². The average Bonchev–Trinajstić information content (AvgIpc) is 3.13. The summed E-state index contributed by atoms with van der Waals surface area (Å²) in [4.78, 5) is 25.5. The minimum absolute atomic E-state index is 0.0853. The number of hydrogen-bond acceptors (Lipinski definition) is 5. The van der Waals surface area contributed by atoms with Crippen LogP contribution in [0.4, 0.5) is 0 Å². The number of carbonyl (C=O) groups is 2. The SMILES string of the molecule is CN(Cc1ccc2c(c1)OCO2)C(=O)CNC(=O)COc1ccccc1. The third-order valence-electron chi connectivity index (χ3n) is 3.83. The summed E-state index contributed by atoms with van der Waals surface area (Å²) >= 11 is 0. The number of para-hydroxylation sites is 1. The number of fused-ring (bicyclic) bond motifs is 1. The molecule has 1 aliphatic heterocycles. The van der Waals surface area contributed by atoms with Crippen molar-refractivity contribution >= 4 is 11.8 Å². The molecule has 0 unspecified atom stereocenters. The summed E-state index contributed by atoms with van der Waals surface area (Å²) in [5, 5.41) is 2.56. The Balaban J connectivity index is 1.41. The van der Waals surface area contributed by atoms with Crippen molar-refractivity contribution in [3.8, 4) is 17.2 Å². The molecule has 136 valence electrons. The van der Waals surface area contributed by atoms with Crippen LogP contribution in [0.3, 0.4) is 0 Å². The van der Waals surface area contributed by atoms with Gasteiger partial charge in [-0.25, -0.2) is 0 Å². The van der Waals surface area contributed by atoms with Crippen molar-refractivity contribution in [3.05, 3.63) is 54.1 Å². The van der Waals surface area contributed by atoms with Crippen molar-refractivity contribution in [1.82, 2.24) is 10.2 Å². The molecular weight excluding hydrogens is 336 g/mol. The summed E-state index contributed by atoms with van der Waals surface area (Å²) in [5.41, 5.74) is 0.920. The van der Waals surface area contributed by atoms with Crippen LogP contribution in [0.15, 0.2) is 48.5 Å². The number of carbonyl (C=O) groups excluding carboxylic acids is 2. The Bertz CT molecular complexity index is 779. The monoisotopic (exact) mass is 356 g/mol.